The fourth-order valence-corrected chi connectivity index (χ4v) is 7.61. The number of piperazine rings is 1. The molecular weight excluding hydrogens is 684 g/mol. The summed E-state index contributed by atoms with van der Waals surface area (Å²) in [5, 5.41) is 20.7. The van der Waals surface area contributed by atoms with E-state index < -0.39 is 6.29 Å². The van der Waals surface area contributed by atoms with E-state index in [1.807, 2.05) is 84.9 Å². The summed E-state index contributed by atoms with van der Waals surface area (Å²) in [4.78, 5) is 42.9. The van der Waals surface area contributed by atoms with E-state index in [1.54, 1.807) is 36.4 Å². The van der Waals surface area contributed by atoms with Crippen molar-refractivity contribution >= 4 is 23.2 Å². The fourth-order valence-electron chi connectivity index (χ4n) is 7.61. The first-order valence-electron chi connectivity index (χ1n) is 18.2. The van der Waals surface area contributed by atoms with Crippen LogP contribution in [0.2, 0.25) is 0 Å². The molecule has 5 aromatic rings. The zero-order valence-electron chi connectivity index (χ0n) is 29.6. The van der Waals surface area contributed by atoms with Gasteiger partial charge in [0.2, 0.25) is 0 Å². The van der Waals surface area contributed by atoms with Crippen molar-refractivity contribution in [1.82, 2.24) is 9.80 Å². The van der Waals surface area contributed by atoms with Crippen molar-refractivity contribution in [3.05, 3.63) is 165 Å². The number of hydrogen-bond acceptors (Lipinski definition) is 9. The molecule has 0 spiro atoms. The normalized spacial score (nSPS) is 20.3. The smallest absolute Gasteiger partial charge is 0.269 e. The van der Waals surface area contributed by atoms with Crippen LogP contribution in [0.25, 0.3) is 11.1 Å². The number of anilines is 1. The minimum Gasteiger partial charge on any atom is -0.392 e. The van der Waals surface area contributed by atoms with Crippen molar-refractivity contribution in [2.45, 2.75) is 38.1 Å². The zero-order valence-corrected chi connectivity index (χ0v) is 29.6. The number of aliphatic hydroxyl groups is 1. The first-order chi connectivity index (χ1) is 26.3. The molecular formula is C43H40N4O7. The molecule has 2 saturated heterocycles. The lowest BCUT2D eigenvalue weighted by Gasteiger charge is -2.41. The van der Waals surface area contributed by atoms with Crippen molar-refractivity contribution in [2.24, 2.45) is 0 Å². The summed E-state index contributed by atoms with van der Waals surface area (Å²) in [6.07, 6.45) is -0.281. The maximum absolute atomic E-state index is 13.1. The van der Waals surface area contributed by atoms with Gasteiger partial charge in [0.1, 0.15) is 0 Å². The molecule has 3 heterocycles. The van der Waals surface area contributed by atoms with E-state index in [-0.39, 0.29) is 47.8 Å². The SMILES string of the molecule is O=C1c2ccccc2C(=O)N1Cc1ccccc1-c1ccc([C@H]2O[C@@H](CN3CCN(c4ccc([N+](=O)[O-])cc4)CC3)C[C@@H](c3ccc(CO)cc3)O2)cc1. The molecule has 3 aliphatic heterocycles. The standard InChI is InChI=1S/C43H40N4O7/c48-28-29-9-11-31(12-10-29)40-25-36(27-44-21-23-45(24-22-44)34-17-19-35(20-18-34)47(51)52)53-43(54-40)32-15-13-30(14-16-32)37-6-2-1-5-33(37)26-46-41(49)38-7-3-4-8-39(38)42(46)50/h1-20,36,40,43,48H,21-28H2/t36-,40+,43+/m1/s1. The fraction of sp³-hybridized carbons (Fsp3) is 0.256. The molecule has 1 N–H and O–H groups in total. The number of nitrogens with zero attached hydrogens (tertiary/aromatic N) is 4. The molecule has 3 atom stereocenters. The molecule has 274 valence electrons. The van der Waals surface area contributed by atoms with Crippen molar-refractivity contribution in [3.63, 3.8) is 0 Å². The van der Waals surface area contributed by atoms with Crippen LogP contribution in [0, 0.1) is 10.1 Å². The van der Waals surface area contributed by atoms with E-state index in [0.29, 0.717) is 17.5 Å². The molecule has 11 nitrogen and oxygen atoms in total. The Labute approximate surface area is 313 Å². The predicted octanol–water partition coefficient (Wildman–Crippen LogP) is 6.92. The van der Waals surface area contributed by atoms with Gasteiger partial charge in [-0.05, 0) is 52.1 Å². The maximum atomic E-state index is 13.1. The summed E-state index contributed by atoms with van der Waals surface area (Å²) in [5.74, 6) is -0.567. The van der Waals surface area contributed by atoms with Gasteiger partial charge in [-0.1, -0.05) is 84.9 Å². The third-order valence-electron chi connectivity index (χ3n) is 10.6. The highest BCUT2D eigenvalue weighted by molar-refractivity contribution is 6.21. The van der Waals surface area contributed by atoms with Gasteiger partial charge in [-0.15, -0.1) is 0 Å². The van der Waals surface area contributed by atoms with Crippen molar-refractivity contribution in [2.75, 3.05) is 37.6 Å². The van der Waals surface area contributed by atoms with Crippen LogP contribution < -0.4 is 4.90 Å². The lowest BCUT2D eigenvalue weighted by atomic mass is 9.97. The molecule has 54 heavy (non-hydrogen) atoms. The Morgan fingerprint density at radius 1 is 0.704 bits per heavy atom. The Hall–Kier alpha value is -5.72. The summed E-state index contributed by atoms with van der Waals surface area (Å²) in [6.45, 7) is 4.11. The summed E-state index contributed by atoms with van der Waals surface area (Å²) < 4.78 is 13.3. The van der Waals surface area contributed by atoms with E-state index in [9.17, 15) is 24.8 Å². The summed E-state index contributed by atoms with van der Waals surface area (Å²) in [5.41, 5.74) is 7.40. The summed E-state index contributed by atoms with van der Waals surface area (Å²) in [7, 11) is 0. The molecule has 0 bridgehead atoms. The molecule has 2 fully saturated rings. The number of benzene rings is 5. The topological polar surface area (TPSA) is 126 Å². The second-order valence-corrected chi connectivity index (χ2v) is 13.9. The molecule has 0 unspecified atom stereocenters. The number of non-ortho nitro benzene ring substituents is 1. The van der Waals surface area contributed by atoms with Gasteiger partial charge in [-0.25, -0.2) is 0 Å². The number of nitro groups is 1. The van der Waals surface area contributed by atoms with Gasteiger partial charge < -0.3 is 19.5 Å². The van der Waals surface area contributed by atoms with Gasteiger partial charge in [-0.3, -0.25) is 29.5 Å². The number of hydrogen-bond donors (Lipinski definition) is 1. The Bertz CT molecular complexity index is 2110. The van der Waals surface area contributed by atoms with Crippen LogP contribution in [0.5, 0.6) is 0 Å². The second kappa shape index (κ2) is 15.3. The van der Waals surface area contributed by atoms with Crippen molar-refractivity contribution in [1.29, 1.82) is 0 Å². The third kappa shape index (κ3) is 7.27. The first-order valence-corrected chi connectivity index (χ1v) is 18.2. The molecule has 3 aliphatic rings. The number of amides is 2. The number of carbonyl (C=O) groups is 2. The van der Waals surface area contributed by atoms with Crippen LogP contribution in [0.3, 0.4) is 0 Å². The lowest BCUT2D eigenvalue weighted by molar-refractivity contribution is -0.384. The number of nitro benzene ring substituents is 1. The second-order valence-electron chi connectivity index (χ2n) is 13.9. The Morgan fingerprint density at radius 3 is 1.94 bits per heavy atom. The number of carbonyl (C=O) groups excluding carboxylic acids is 2. The van der Waals surface area contributed by atoms with Crippen LogP contribution in [0.1, 0.15) is 61.8 Å². The van der Waals surface area contributed by atoms with Crippen molar-refractivity contribution in [3.8, 4) is 11.1 Å². The van der Waals surface area contributed by atoms with Crippen LogP contribution in [-0.4, -0.2) is 70.5 Å². The largest absolute Gasteiger partial charge is 0.392 e. The van der Waals surface area contributed by atoms with Gasteiger partial charge in [-0.2, -0.15) is 0 Å². The van der Waals surface area contributed by atoms with Crippen LogP contribution in [0.4, 0.5) is 11.4 Å². The molecule has 0 radical (unpaired) electrons. The Morgan fingerprint density at radius 2 is 1.31 bits per heavy atom. The molecule has 11 heteroatoms. The Kier molecular flexibility index (Phi) is 10.0. The van der Waals surface area contributed by atoms with E-state index >= 15 is 0 Å². The van der Waals surface area contributed by atoms with Gasteiger partial charge in [0, 0.05) is 62.5 Å². The number of fused-ring (bicyclic) bond motifs is 1. The molecule has 2 amide bonds. The minimum absolute atomic E-state index is 0.0280. The molecule has 0 saturated carbocycles. The quantitative estimate of drug-likeness (QED) is 0.0929. The average molecular weight is 725 g/mol. The maximum Gasteiger partial charge on any atom is 0.269 e. The van der Waals surface area contributed by atoms with E-state index in [4.69, 9.17) is 9.47 Å². The highest BCUT2D eigenvalue weighted by Crippen LogP contribution is 2.39. The van der Waals surface area contributed by atoms with Crippen LogP contribution in [-0.2, 0) is 22.6 Å². The number of ether oxygens (including phenoxy) is 2. The molecule has 0 aromatic heterocycles. The number of aliphatic hydroxyl groups excluding tert-OH is 1. The minimum atomic E-state index is -0.615. The third-order valence-corrected chi connectivity index (χ3v) is 10.6. The number of rotatable bonds is 10. The Balaban J connectivity index is 0.976. The average Bonchev–Trinajstić information content (AvgIpc) is 3.46. The van der Waals surface area contributed by atoms with E-state index in [2.05, 4.69) is 9.80 Å². The zero-order chi connectivity index (χ0) is 37.2. The van der Waals surface area contributed by atoms with Crippen LogP contribution >= 0.6 is 0 Å². The predicted molar refractivity (Wildman–Crippen MR) is 203 cm³/mol. The molecule has 0 aliphatic carbocycles. The molecule has 8 rings (SSSR count). The van der Waals surface area contributed by atoms with Gasteiger partial charge in [0.15, 0.2) is 6.29 Å². The lowest BCUT2D eigenvalue weighted by Crippen LogP contribution is -2.49. The van der Waals surface area contributed by atoms with Crippen molar-refractivity contribution < 1.29 is 29.1 Å². The summed E-state index contributed by atoms with van der Waals surface area (Å²) >= 11 is 0. The highest BCUT2D eigenvalue weighted by Gasteiger charge is 2.36. The first kappa shape index (κ1) is 35.3. The van der Waals surface area contributed by atoms with Gasteiger partial charge >= 0.3 is 0 Å². The number of imide groups is 1. The van der Waals surface area contributed by atoms with E-state index in [0.717, 1.165) is 71.8 Å². The van der Waals surface area contributed by atoms with E-state index in [1.165, 1.54) is 4.90 Å². The molecule has 5 aromatic carbocycles. The van der Waals surface area contributed by atoms with Gasteiger partial charge in [0.05, 0.1) is 41.4 Å². The summed E-state index contributed by atoms with van der Waals surface area (Å²) in [6, 6.07) is 37.4. The monoisotopic (exact) mass is 724 g/mol. The van der Waals surface area contributed by atoms with Crippen LogP contribution in [0.15, 0.2) is 121 Å². The van der Waals surface area contributed by atoms with Gasteiger partial charge in [0.25, 0.3) is 17.5 Å². The highest BCUT2D eigenvalue weighted by atomic mass is 16.7.